The number of aliphatic hydroxyl groups is 1. The first-order valence-electron chi connectivity index (χ1n) is 7.51. The molecule has 1 unspecified atom stereocenters. The summed E-state index contributed by atoms with van der Waals surface area (Å²) in [5, 5.41) is 15.7. The maximum atomic E-state index is 13.0. The van der Waals surface area contributed by atoms with E-state index in [-0.39, 0.29) is 18.4 Å². The van der Waals surface area contributed by atoms with Gasteiger partial charge in [-0.3, -0.25) is 0 Å². The number of hydrogen-bond acceptors (Lipinski definition) is 2. The number of amides is 2. The van der Waals surface area contributed by atoms with E-state index in [4.69, 9.17) is 0 Å². The Morgan fingerprint density at radius 2 is 1.87 bits per heavy atom. The summed E-state index contributed by atoms with van der Waals surface area (Å²) in [6.07, 6.45) is 0.542. The first kappa shape index (κ1) is 17.0. The lowest BCUT2D eigenvalue weighted by Gasteiger charge is -2.24. The van der Waals surface area contributed by atoms with E-state index >= 15 is 0 Å². The molecule has 0 aliphatic rings. The molecule has 0 aromatic heterocycles. The third-order valence-electron chi connectivity index (χ3n) is 3.58. The second-order valence-electron chi connectivity index (χ2n) is 5.63. The molecule has 122 valence electrons. The van der Waals surface area contributed by atoms with Crippen LogP contribution < -0.4 is 10.6 Å². The standard InChI is InChI=1S/C18H21FN2O2/c1-18(23,15-7-3-2-4-8-15)13-21-17(22)20-11-10-14-6-5-9-16(19)12-14/h2-9,12,23H,10-11,13H2,1H3,(H2,20,21,22). The molecular formula is C18H21FN2O2. The van der Waals surface area contributed by atoms with Crippen LogP contribution in [0.25, 0.3) is 0 Å². The summed E-state index contributed by atoms with van der Waals surface area (Å²) in [4.78, 5) is 11.8. The lowest BCUT2D eigenvalue weighted by Crippen LogP contribution is -2.43. The molecule has 2 aromatic rings. The predicted octanol–water partition coefficient (Wildman–Crippen LogP) is 2.58. The molecule has 3 N–H and O–H groups in total. The largest absolute Gasteiger partial charge is 0.384 e. The van der Waals surface area contributed by atoms with E-state index in [0.717, 1.165) is 11.1 Å². The number of carbonyl (C=O) groups excluding carboxylic acids is 1. The lowest BCUT2D eigenvalue weighted by atomic mass is 9.96. The fourth-order valence-electron chi connectivity index (χ4n) is 2.23. The summed E-state index contributed by atoms with van der Waals surface area (Å²) >= 11 is 0. The minimum absolute atomic E-state index is 0.100. The van der Waals surface area contributed by atoms with Crippen molar-refractivity contribution >= 4 is 6.03 Å². The van der Waals surface area contributed by atoms with Crippen LogP contribution in [0, 0.1) is 5.82 Å². The van der Waals surface area contributed by atoms with Gasteiger partial charge in [0.25, 0.3) is 0 Å². The summed E-state index contributed by atoms with van der Waals surface area (Å²) in [5.41, 5.74) is 0.419. The van der Waals surface area contributed by atoms with Gasteiger partial charge in [-0.05, 0) is 36.6 Å². The molecule has 0 saturated carbocycles. The summed E-state index contributed by atoms with van der Waals surface area (Å²) in [5.74, 6) is -0.286. The van der Waals surface area contributed by atoms with Gasteiger partial charge in [0.2, 0.25) is 0 Å². The molecule has 0 aliphatic carbocycles. The van der Waals surface area contributed by atoms with Crippen molar-refractivity contribution in [2.45, 2.75) is 18.9 Å². The molecule has 5 heteroatoms. The Bertz CT molecular complexity index is 644. The monoisotopic (exact) mass is 316 g/mol. The van der Waals surface area contributed by atoms with Crippen LogP contribution in [0.4, 0.5) is 9.18 Å². The zero-order valence-corrected chi connectivity index (χ0v) is 13.1. The van der Waals surface area contributed by atoms with Crippen LogP contribution in [-0.2, 0) is 12.0 Å². The Balaban J connectivity index is 1.75. The topological polar surface area (TPSA) is 61.4 Å². The maximum Gasteiger partial charge on any atom is 0.314 e. The molecule has 0 spiro atoms. The summed E-state index contributed by atoms with van der Waals surface area (Å²) in [6, 6.07) is 15.1. The van der Waals surface area contributed by atoms with Crippen LogP contribution in [0.3, 0.4) is 0 Å². The highest BCUT2D eigenvalue weighted by Crippen LogP contribution is 2.18. The van der Waals surface area contributed by atoms with Crippen molar-refractivity contribution in [3.8, 4) is 0 Å². The fourth-order valence-corrected chi connectivity index (χ4v) is 2.23. The number of carbonyl (C=O) groups is 1. The first-order valence-corrected chi connectivity index (χ1v) is 7.51. The Hall–Kier alpha value is -2.40. The van der Waals surface area contributed by atoms with E-state index in [0.29, 0.717) is 13.0 Å². The highest BCUT2D eigenvalue weighted by molar-refractivity contribution is 5.73. The van der Waals surface area contributed by atoms with Gasteiger partial charge < -0.3 is 15.7 Å². The zero-order valence-electron chi connectivity index (χ0n) is 13.1. The van der Waals surface area contributed by atoms with E-state index in [1.807, 2.05) is 36.4 Å². The Morgan fingerprint density at radius 1 is 1.13 bits per heavy atom. The smallest absolute Gasteiger partial charge is 0.314 e. The zero-order chi connectivity index (χ0) is 16.7. The number of rotatable bonds is 6. The minimum atomic E-state index is -1.14. The molecule has 2 amide bonds. The number of nitrogens with one attached hydrogen (secondary N) is 2. The van der Waals surface area contributed by atoms with E-state index in [1.165, 1.54) is 12.1 Å². The molecule has 4 nitrogen and oxygen atoms in total. The number of benzene rings is 2. The van der Waals surface area contributed by atoms with Crippen molar-refractivity contribution < 1.29 is 14.3 Å². The molecule has 0 fully saturated rings. The summed E-state index contributed by atoms with van der Waals surface area (Å²) in [6.45, 7) is 2.14. The Kier molecular flexibility index (Phi) is 5.71. The van der Waals surface area contributed by atoms with Crippen molar-refractivity contribution in [1.29, 1.82) is 0 Å². The van der Waals surface area contributed by atoms with Crippen LogP contribution in [0.15, 0.2) is 54.6 Å². The summed E-state index contributed by atoms with van der Waals surface area (Å²) in [7, 11) is 0. The van der Waals surface area contributed by atoms with Gasteiger partial charge in [0, 0.05) is 6.54 Å². The predicted molar refractivity (Wildman–Crippen MR) is 87.5 cm³/mol. The van der Waals surface area contributed by atoms with E-state index in [2.05, 4.69) is 10.6 Å². The molecule has 23 heavy (non-hydrogen) atoms. The van der Waals surface area contributed by atoms with Crippen molar-refractivity contribution in [3.05, 3.63) is 71.5 Å². The molecule has 0 bridgehead atoms. The van der Waals surface area contributed by atoms with Crippen LogP contribution in [0.2, 0.25) is 0 Å². The van der Waals surface area contributed by atoms with Gasteiger partial charge in [0.1, 0.15) is 11.4 Å². The first-order chi connectivity index (χ1) is 11.0. The summed E-state index contributed by atoms with van der Waals surface area (Å²) < 4.78 is 13.0. The maximum absolute atomic E-state index is 13.0. The van der Waals surface area contributed by atoms with Gasteiger partial charge >= 0.3 is 6.03 Å². The molecular weight excluding hydrogens is 295 g/mol. The Labute approximate surface area is 135 Å². The van der Waals surface area contributed by atoms with Gasteiger partial charge in [0.05, 0.1) is 6.54 Å². The van der Waals surface area contributed by atoms with Gasteiger partial charge in [-0.2, -0.15) is 0 Å². The third-order valence-corrected chi connectivity index (χ3v) is 3.58. The van der Waals surface area contributed by atoms with Crippen molar-refractivity contribution in [2.75, 3.05) is 13.1 Å². The van der Waals surface area contributed by atoms with Crippen molar-refractivity contribution in [2.24, 2.45) is 0 Å². The number of hydrogen-bond donors (Lipinski definition) is 3. The molecule has 0 saturated heterocycles. The normalized spacial score (nSPS) is 13.2. The number of halogens is 1. The van der Waals surface area contributed by atoms with Gasteiger partial charge in [-0.15, -0.1) is 0 Å². The second kappa shape index (κ2) is 7.74. The van der Waals surface area contributed by atoms with Gasteiger partial charge in [0.15, 0.2) is 0 Å². The molecule has 0 aliphatic heterocycles. The lowest BCUT2D eigenvalue weighted by molar-refractivity contribution is 0.0594. The van der Waals surface area contributed by atoms with Crippen molar-refractivity contribution in [3.63, 3.8) is 0 Å². The average Bonchev–Trinajstić information content (AvgIpc) is 2.54. The van der Waals surface area contributed by atoms with Crippen LogP contribution >= 0.6 is 0 Å². The molecule has 2 rings (SSSR count). The van der Waals surface area contributed by atoms with Crippen molar-refractivity contribution in [1.82, 2.24) is 10.6 Å². The van der Waals surface area contributed by atoms with E-state index < -0.39 is 5.60 Å². The highest BCUT2D eigenvalue weighted by atomic mass is 19.1. The van der Waals surface area contributed by atoms with Crippen LogP contribution in [-0.4, -0.2) is 24.2 Å². The molecule has 0 radical (unpaired) electrons. The average molecular weight is 316 g/mol. The van der Waals surface area contributed by atoms with E-state index in [9.17, 15) is 14.3 Å². The van der Waals surface area contributed by atoms with E-state index in [1.54, 1.807) is 13.0 Å². The molecule has 1 atom stereocenters. The van der Waals surface area contributed by atoms with Gasteiger partial charge in [-0.1, -0.05) is 42.5 Å². The fraction of sp³-hybridized carbons (Fsp3) is 0.278. The van der Waals surface area contributed by atoms with Gasteiger partial charge in [-0.25, -0.2) is 9.18 Å². The van der Waals surface area contributed by atoms with Crippen LogP contribution in [0.1, 0.15) is 18.1 Å². The second-order valence-corrected chi connectivity index (χ2v) is 5.63. The third kappa shape index (κ3) is 5.38. The highest BCUT2D eigenvalue weighted by Gasteiger charge is 2.23. The SMILES string of the molecule is CC(O)(CNC(=O)NCCc1cccc(F)c1)c1ccccc1. The minimum Gasteiger partial charge on any atom is -0.384 e. The molecule has 2 aromatic carbocycles. The Morgan fingerprint density at radius 3 is 2.57 bits per heavy atom. The van der Waals surface area contributed by atoms with Crippen LogP contribution in [0.5, 0.6) is 0 Å². The number of urea groups is 1. The molecule has 0 heterocycles. The quantitative estimate of drug-likeness (QED) is 0.767.